The number of carboxylic acid groups (broad SMARTS) is 1. The molecule has 0 atom stereocenters. The van der Waals surface area contributed by atoms with Crippen LogP contribution >= 0.6 is 0 Å². The number of rotatable bonds is 11. The zero-order valence-electron chi connectivity index (χ0n) is 11.4. The summed E-state index contributed by atoms with van der Waals surface area (Å²) in [6.07, 6.45) is 0.761. The molecule has 3 N–H and O–H groups in total. The van der Waals surface area contributed by atoms with Crippen molar-refractivity contribution in [2.75, 3.05) is 39.6 Å². The second-order valence-corrected chi connectivity index (χ2v) is 4.04. The van der Waals surface area contributed by atoms with Gasteiger partial charge in [-0.1, -0.05) is 0 Å². The molecule has 0 aliphatic carbocycles. The van der Waals surface area contributed by atoms with E-state index in [1.165, 1.54) is 12.1 Å². The predicted octanol–water partition coefficient (Wildman–Crippen LogP) is 1.15. The van der Waals surface area contributed by atoms with Crippen molar-refractivity contribution in [3.8, 4) is 5.75 Å². The molecule has 0 fully saturated rings. The van der Waals surface area contributed by atoms with Crippen LogP contribution in [0.3, 0.4) is 0 Å². The molecule has 0 aromatic heterocycles. The Hall–Kier alpha value is -1.63. The van der Waals surface area contributed by atoms with E-state index in [0.717, 1.165) is 6.42 Å². The van der Waals surface area contributed by atoms with Crippen LogP contribution in [-0.4, -0.2) is 50.7 Å². The van der Waals surface area contributed by atoms with Gasteiger partial charge in [-0.05, 0) is 24.3 Å². The molecule has 0 aliphatic rings. The zero-order chi connectivity index (χ0) is 14.6. The highest BCUT2D eigenvalue weighted by Gasteiger charge is 2.01. The fraction of sp³-hybridized carbons (Fsp3) is 0.500. The highest BCUT2D eigenvalue weighted by atomic mass is 16.5. The highest BCUT2D eigenvalue weighted by Crippen LogP contribution is 2.12. The standard InChI is InChI=1S/C14H21NO5/c15-6-9-19-11-10-18-7-1-8-20-13-4-2-12(3-5-13)14(16)17/h2-5H,1,6-11,15H2,(H,16,17). The van der Waals surface area contributed by atoms with Gasteiger partial charge in [0.15, 0.2) is 0 Å². The molecule has 0 spiro atoms. The minimum atomic E-state index is -0.943. The van der Waals surface area contributed by atoms with Crippen molar-refractivity contribution in [2.45, 2.75) is 6.42 Å². The Labute approximate surface area is 118 Å². The molecular formula is C14H21NO5. The van der Waals surface area contributed by atoms with E-state index in [9.17, 15) is 4.79 Å². The molecule has 1 rings (SSSR count). The number of carboxylic acids is 1. The summed E-state index contributed by atoms with van der Waals surface area (Å²) in [4.78, 5) is 10.7. The molecule has 0 bridgehead atoms. The maximum Gasteiger partial charge on any atom is 0.335 e. The van der Waals surface area contributed by atoms with Gasteiger partial charge in [-0.2, -0.15) is 0 Å². The molecule has 6 nitrogen and oxygen atoms in total. The minimum absolute atomic E-state index is 0.248. The average Bonchev–Trinajstić information content (AvgIpc) is 2.46. The Balaban J connectivity index is 2.02. The summed E-state index contributed by atoms with van der Waals surface area (Å²) in [7, 11) is 0. The Bertz CT molecular complexity index is 380. The van der Waals surface area contributed by atoms with Crippen LogP contribution in [0.5, 0.6) is 5.75 Å². The normalized spacial score (nSPS) is 10.4. The molecule has 0 amide bonds. The second-order valence-electron chi connectivity index (χ2n) is 4.04. The lowest BCUT2D eigenvalue weighted by molar-refractivity contribution is 0.0463. The SMILES string of the molecule is NCCOCCOCCCOc1ccc(C(=O)O)cc1. The van der Waals surface area contributed by atoms with Gasteiger partial charge >= 0.3 is 5.97 Å². The molecule has 1 aromatic rings. The summed E-state index contributed by atoms with van der Waals surface area (Å²) >= 11 is 0. The lowest BCUT2D eigenvalue weighted by atomic mass is 10.2. The van der Waals surface area contributed by atoms with Crippen molar-refractivity contribution in [1.29, 1.82) is 0 Å². The summed E-state index contributed by atoms with van der Waals surface area (Å²) in [5, 5.41) is 8.75. The van der Waals surface area contributed by atoms with Gasteiger partial charge in [-0.15, -0.1) is 0 Å². The molecule has 112 valence electrons. The third-order valence-corrected chi connectivity index (χ3v) is 2.44. The van der Waals surface area contributed by atoms with Crippen molar-refractivity contribution in [2.24, 2.45) is 5.73 Å². The number of ether oxygens (including phenoxy) is 3. The fourth-order valence-corrected chi connectivity index (χ4v) is 1.45. The van der Waals surface area contributed by atoms with Crippen LogP contribution in [0.4, 0.5) is 0 Å². The Morgan fingerprint density at radius 2 is 1.65 bits per heavy atom. The molecule has 6 heteroatoms. The van der Waals surface area contributed by atoms with Crippen molar-refractivity contribution < 1.29 is 24.1 Å². The molecular weight excluding hydrogens is 262 g/mol. The smallest absolute Gasteiger partial charge is 0.335 e. The summed E-state index contributed by atoms with van der Waals surface area (Å²) in [5.74, 6) is -0.289. The van der Waals surface area contributed by atoms with Crippen LogP contribution in [0.25, 0.3) is 0 Å². The van der Waals surface area contributed by atoms with Gasteiger partial charge in [0.25, 0.3) is 0 Å². The van der Waals surface area contributed by atoms with E-state index in [2.05, 4.69) is 0 Å². The Kier molecular flexibility index (Phi) is 8.37. The molecule has 0 aliphatic heterocycles. The van der Waals surface area contributed by atoms with E-state index < -0.39 is 5.97 Å². The van der Waals surface area contributed by atoms with Gasteiger partial charge in [0.1, 0.15) is 5.75 Å². The van der Waals surface area contributed by atoms with Gasteiger partial charge in [-0.3, -0.25) is 0 Å². The molecule has 0 saturated heterocycles. The van der Waals surface area contributed by atoms with E-state index in [1.807, 2.05) is 0 Å². The highest BCUT2D eigenvalue weighted by molar-refractivity contribution is 5.87. The number of hydrogen-bond acceptors (Lipinski definition) is 5. The summed E-state index contributed by atoms with van der Waals surface area (Å²) in [6, 6.07) is 6.32. The number of carbonyl (C=O) groups is 1. The van der Waals surface area contributed by atoms with Crippen molar-refractivity contribution in [3.63, 3.8) is 0 Å². The Morgan fingerprint density at radius 1 is 1.00 bits per heavy atom. The fourth-order valence-electron chi connectivity index (χ4n) is 1.45. The first kappa shape index (κ1) is 16.4. The van der Waals surface area contributed by atoms with Gasteiger partial charge in [0.05, 0.1) is 32.0 Å². The van der Waals surface area contributed by atoms with Crippen molar-refractivity contribution >= 4 is 5.97 Å². The molecule has 0 heterocycles. The molecule has 0 radical (unpaired) electrons. The molecule has 0 unspecified atom stereocenters. The maximum atomic E-state index is 10.7. The first-order valence-corrected chi connectivity index (χ1v) is 6.55. The molecule has 20 heavy (non-hydrogen) atoms. The zero-order valence-corrected chi connectivity index (χ0v) is 11.4. The maximum absolute atomic E-state index is 10.7. The van der Waals surface area contributed by atoms with Crippen molar-refractivity contribution in [3.05, 3.63) is 29.8 Å². The minimum Gasteiger partial charge on any atom is -0.494 e. The van der Waals surface area contributed by atoms with Crippen LogP contribution in [0.15, 0.2) is 24.3 Å². The van der Waals surface area contributed by atoms with Crippen LogP contribution in [-0.2, 0) is 9.47 Å². The third kappa shape index (κ3) is 7.08. The number of benzene rings is 1. The monoisotopic (exact) mass is 283 g/mol. The van der Waals surface area contributed by atoms with Crippen LogP contribution in [0.1, 0.15) is 16.8 Å². The molecule has 1 aromatic carbocycles. The topological polar surface area (TPSA) is 91.0 Å². The summed E-state index contributed by atoms with van der Waals surface area (Å²) in [6.45, 7) is 3.30. The van der Waals surface area contributed by atoms with Crippen molar-refractivity contribution in [1.82, 2.24) is 0 Å². The first-order valence-electron chi connectivity index (χ1n) is 6.55. The number of nitrogens with two attached hydrogens (primary N) is 1. The van der Waals surface area contributed by atoms with E-state index in [1.54, 1.807) is 12.1 Å². The third-order valence-electron chi connectivity index (χ3n) is 2.44. The predicted molar refractivity (Wildman–Crippen MR) is 74.2 cm³/mol. The van der Waals surface area contributed by atoms with E-state index in [4.69, 9.17) is 25.1 Å². The van der Waals surface area contributed by atoms with Gasteiger partial charge < -0.3 is 25.1 Å². The van der Waals surface area contributed by atoms with E-state index in [0.29, 0.717) is 45.3 Å². The Morgan fingerprint density at radius 3 is 2.25 bits per heavy atom. The summed E-state index contributed by atoms with van der Waals surface area (Å²) < 4.78 is 16.0. The van der Waals surface area contributed by atoms with Gasteiger partial charge in [0.2, 0.25) is 0 Å². The number of hydrogen-bond donors (Lipinski definition) is 2. The quantitative estimate of drug-likeness (QED) is 0.592. The number of aromatic carboxylic acids is 1. The first-order chi connectivity index (χ1) is 9.74. The van der Waals surface area contributed by atoms with Crippen LogP contribution < -0.4 is 10.5 Å². The average molecular weight is 283 g/mol. The van der Waals surface area contributed by atoms with Gasteiger partial charge in [-0.25, -0.2) is 4.79 Å². The lowest BCUT2D eigenvalue weighted by Crippen LogP contribution is -2.12. The van der Waals surface area contributed by atoms with Gasteiger partial charge in [0, 0.05) is 19.6 Å². The second kappa shape index (κ2) is 10.2. The lowest BCUT2D eigenvalue weighted by Gasteiger charge is -2.07. The van der Waals surface area contributed by atoms with E-state index in [-0.39, 0.29) is 5.56 Å². The largest absolute Gasteiger partial charge is 0.494 e. The summed E-state index contributed by atoms with van der Waals surface area (Å²) in [5.41, 5.74) is 5.52. The van der Waals surface area contributed by atoms with Crippen LogP contribution in [0.2, 0.25) is 0 Å². The molecule has 0 saturated carbocycles. The van der Waals surface area contributed by atoms with E-state index >= 15 is 0 Å². The van der Waals surface area contributed by atoms with Crippen LogP contribution in [0, 0.1) is 0 Å².